The van der Waals surface area contributed by atoms with Crippen molar-refractivity contribution < 1.29 is 14.7 Å². The third-order valence-corrected chi connectivity index (χ3v) is 4.46. The average molecular weight is 269 g/mol. The fourth-order valence-electron chi connectivity index (χ4n) is 3.51. The van der Waals surface area contributed by atoms with Crippen LogP contribution >= 0.6 is 0 Å². The van der Waals surface area contributed by atoms with Crippen LogP contribution in [0.5, 0.6) is 0 Å². The van der Waals surface area contributed by atoms with Gasteiger partial charge in [-0.15, -0.1) is 0 Å². The minimum atomic E-state index is -0.879. The summed E-state index contributed by atoms with van der Waals surface area (Å²) in [4.78, 5) is 18.4. The molecule has 0 spiro atoms. The van der Waals surface area contributed by atoms with E-state index in [-0.39, 0.29) is 17.4 Å². The molecular formula is C15H27NO3. The van der Waals surface area contributed by atoms with Gasteiger partial charge in [-0.05, 0) is 40.5 Å². The molecule has 4 heteroatoms. The lowest BCUT2D eigenvalue weighted by Crippen LogP contribution is -2.67. The second-order valence-electron chi connectivity index (χ2n) is 7.12. The maximum Gasteiger partial charge on any atom is 0.183 e. The lowest BCUT2D eigenvalue weighted by molar-refractivity contribution is -0.303. The summed E-state index contributed by atoms with van der Waals surface area (Å²) in [6.07, 6.45) is 5.60. The van der Waals surface area contributed by atoms with Crippen LogP contribution in [0.15, 0.2) is 0 Å². The predicted octanol–water partition coefficient (Wildman–Crippen LogP) is 2.44. The molecule has 1 aliphatic carbocycles. The molecule has 0 bridgehead atoms. The van der Waals surface area contributed by atoms with Crippen LogP contribution in [-0.2, 0) is 9.63 Å². The Balaban J connectivity index is 2.16. The van der Waals surface area contributed by atoms with Gasteiger partial charge in [0.15, 0.2) is 5.78 Å². The monoisotopic (exact) mass is 269 g/mol. The molecule has 0 aromatic rings. The predicted molar refractivity (Wildman–Crippen MR) is 73.6 cm³/mol. The highest BCUT2D eigenvalue weighted by Crippen LogP contribution is 2.38. The van der Waals surface area contributed by atoms with Gasteiger partial charge in [0, 0.05) is 12.0 Å². The van der Waals surface area contributed by atoms with Crippen molar-refractivity contribution in [1.82, 2.24) is 5.06 Å². The number of hydroxylamine groups is 2. The Bertz CT molecular complexity index is 345. The third-order valence-electron chi connectivity index (χ3n) is 4.46. The van der Waals surface area contributed by atoms with Crippen LogP contribution in [0.2, 0.25) is 0 Å². The van der Waals surface area contributed by atoms with Gasteiger partial charge in [-0.25, -0.2) is 0 Å². The molecule has 4 nitrogen and oxygen atoms in total. The van der Waals surface area contributed by atoms with Crippen molar-refractivity contribution >= 4 is 5.78 Å². The molecule has 1 saturated heterocycles. The molecule has 0 aromatic carbocycles. The standard InChI is InChI=1S/C15H27NO3/c1-14(2)10-12(17)13(18)15(3,4)16(14)19-11-8-6-5-7-9-11/h11-12,17H,5-10H2,1-4H3. The number of carbonyl (C=O) groups is 1. The third kappa shape index (κ3) is 2.86. The first-order valence-corrected chi connectivity index (χ1v) is 7.44. The molecule has 2 fully saturated rings. The topological polar surface area (TPSA) is 49.8 Å². The van der Waals surface area contributed by atoms with Crippen molar-refractivity contribution in [2.24, 2.45) is 0 Å². The van der Waals surface area contributed by atoms with E-state index in [1.165, 1.54) is 19.3 Å². The van der Waals surface area contributed by atoms with E-state index in [1.54, 1.807) is 0 Å². The van der Waals surface area contributed by atoms with Gasteiger partial charge in [-0.1, -0.05) is 19.3 Å². The van der Waals surface area contributed by atoms with Gasteiger partial charge in [0.05, 0.1) is 6.10 Å². The van der Waals surface area contributed by atoms with Crippen LogP contribution in [0.3, 0.4) is 0 Å². The van der Waals surface area contributed by atoms with E-state index < -0.39 is 11.6 Å². The summed E-state index contributed by atoms with van der Waals surface area (Å²) in [5, 5.41) is 11.8. The van der Waals surface area contributed by atoms with Gasteiger partial charge in [0.1, 0.15) is 11.6 Å². The van der Waals surface area contributed by atoms with Gasteiger partial charge in [-0.3, -0.25) is 9.63 Å². The van der Waals surface area contributed by atoms with Crippen LogP contribution < -0.4 is 0 Å². The Morgan fingerprint density at radius 1 is 1.16 bits per heavy atom. The number of piperidine rings is 1. The van der Waals surface area contributed by atoms with Crippen LogP contribution in [0, 0.1) is 0 Å². The van der Waals surface area contributed by atoms with E-state index >= 15 is 0 Å². The number of rotatable bonds is 2. The second kappa shape index (κ2) is 5.15. The Kier molecular flexibility index (Phi) is 4.05. The number of Topliss-reactive ketones (excluding diaryl/α,β-unsaturated/α-hetero) is 1. The summed E-state index contributed by atoms with van der Waals surface area (Å²) >= 11 is 0. The molecule has 19 heavy (non-hydrogen) atoms. The molecule has 2 rings (SSSR count). The minimum absolute atomic E-state index is 0.136. The summed E-state index contributed by atoms with van der Waals surface area (Å²) < 4.78 is 0. The number of hydrogen-bond acceptors (Lipinski definition) is 4. The molecule has 1 heterocycles. The molecule has 1 aliphatic heterocycles. The van der Waals surface area contributed by atoms with Crippen LogP contribution in [0.25, 0.3) is 0 Å². The van der Waals surface area contributed by atoms with Gasteiger partial charge in [0.2, 0.25) is 0 Å². The Morgan fingerprint density at radius 2 is 1.74 bits per heavy atom. The largest absolute Gasteiger partial charge is 0.385 e. The first-order chi connectivity index (χ1) is 8.75. The van der Waals surface area contributed by atoms with Gasteiger partial charge >= 0.3 is 0 Å². The SMILES string of the molecule is CC1(C)CC(O)C(=O)C(C)(C)N1OC1CCCCC1. The average Bonchev–Trinajstić information content (AvgIpc) is 2.34. The molecule has 0 radical (unpaired) electrons. The van der Waals surface area contributed by atoms with E-state index in [4.69, 9.17) is 4.84 Å². The molecule has 1 atom stereocenters. The van der Waals surface area contributed by atoms with Gasteiger partial charge in [-0.2, -0.15) is 5.06 Å². The second-order valence-corrected chi connectivity index (χ2v) is 7.12. The number of carbonyl (C=O) groups excluding carboxylic acids is 1. The number of nitrogens with zero attached hydrogens (tertiary/aromatic N) is 1. The summed E-state index contributed by atoms with van der Waals surface area (Å²) in [5.74, 6) is -0.136. The molecule has 1 unspecified atom stereocenters. The van der Waals surface area contributed by atoms with E-state index in [0.717, 1.165) is 12.8 Å². The van der Waals surface area contributed by atoms with Crippen molar-refractivity contribution in [1.29, 1.82) is 0 Å². The van der Waals surface area contributed by atoms with Crippen LogP contribution in [0.1, 0.15) is 66.2 Å². The van der Waals surface area contributed by atoms with Crippen molar-refractivity contribution in [2.75, 3.05) is 0 Å². The number of aliphatic hydroxyl groups excluding tert-OH is 1. The van der Waals surface area contributed by atoms with E-state index in [0.29, 0.717) is 6.42 Å². The maximum absolute atomic E-state index is 12.2. The fourth-order valence-corrected chi connectivity index (χ4v) is 3.51. The highest BCUT2D eigenvalue weighted by atomic mass is 16.7. The molecular weight excluding hydrogens is 242 g/mol. The smallest absolute Gasteiger partial charge is 0.183 e. The highest BCUT2D eigenvalue weighted by molar-refractivity contribution is 5.92. The molecule has 1 N–H and O–H groups in total. The summed E-state index contributed by atoms with van der Waals surface area (Å²) in [5.41, 5.74) is -1.09. The normalized spacial score (nSPS) is 32.5. The first kappa shape index (κ1) is 14.9. The van der Waals surface area contributed by atoms with Crippen molar-refractivity contribution in [3.63, 3.8) is 0 Å². The maximum atomic E-state index is 12.2. The zero-order valence-corrected chi connectivity index (χ0v) is 12.6. The van der Waals surface area contributed by atoms with E-state index in [2.05, 4.69) is 0 Å². The summed E-state index contributed by atoms with van der Waals surface area (Å²) in [7, 11) is 0. The first-order valence-electron chi connectivity index (χ1n) is 7.44. The van der Waals surface area contributed by atoms with Gasteiger partial charge in [0.25, 0.3) is 0 Å². The molecule has 0 aromatic heterocycles. The number of hydrogen-bond donors (Lipinski definition) is 1. The van der Waals surface area contributed by atoms with Crippen molar-refractivity contribution in [3.8, 4) is 0 Å². The minimum Gasteiger partial charge on any atom is -0.385 e. The van der Waals surface area contributed by atoms with E-state index in [1.807, 2.05) is 32.8 Å². The molecule has 110 valence electrons. The lowest BCUT2D eigenvalue weighted by atomic mass is 9.79. The Morgan fingerprint density at radius 3 is 2.32 bits per heavy atom. The molecule has 0 amide bonds. The Labute approximate surface area is 116 Å². The highest BCUT2D eigenvalue weighted by Gasteiger charge is 2.52. The zero-order valence-electron chi connectivity index (χ0n) is 12.6. The fraction of sp³-hybridized carbons (Fsp3) is 0.933. The molecule has 2 aliphatic rings. The van der Waals surface area contributed by atoms with E-state index in [9.17, 15) is 9.90 Å². The zero-order chi connectivity index (χ0) is 14.3. The molecule has 1 saturated carbocycles. The summed E-state index contributed by atoms with van der Waals surface area (Å²) in [6.45, 7) is 7.77. The lowest BCUT2D eigenvalue weighted by Gasteiger charge is -2.52. The summed E-state index contributed by atoms with van der Waals surface area (Å²) in [6, 6.07) is 0. The number of aliphatic hydroxyl groups is 1. The van der Waals surface area contributed by atoms with Crippen molar-refractivity contribution in [2.45, 2.75) is 89.5 Å². The quantitative estimate of drug-likeness (QED) is 0.836. The van der Waals surface area contributed by atoms with Crippen LogP contribution in [-0.4, -0.2) is 39.2 Å². The Hall–Kier alpha value is -0.450. The van der Waals surface area contributed by atoms with Crippen LogP contribution in [0.4, 0.5) is 0 Å². The van der Waals surface area contributed by atoms with Crippen molar-refractivity contribution in [3.05, 3.63) is 0 Å². The van der Waals surface area contributed by atoms with Gasteiger partial charge < -0.3 is 5.11 Å². The number of ketones is 1.